The quantitative estimate of drug-likeness (QED) is 0.600. The number of amides is 1. The predicted molar refractivity (Wildman–Crippen MR) is 125 cm³/mol. The van der Waals surface area contributed by atoms with E-state index in [1.165, 1.54) is 5.56 Å². The molecule has 1 N–H and O–H groups in total. The zero-order valence-electron chi connectivity index (χ0n) is 18.4. The highest BCUT2D eigenvalue weighted by Crippen LogP contribution is 2.22. The summed E-state index contributed by atoms with van der Waals surface area (Å²) in [5.74, 6) is 0.127. The number of piperidine rings is 1. The summed E-state index contributed by atoms with van der Waals surface area (Å²) in [6.07, 6.45) is 6.06. The van der Waals surface area contributed by atoms with Crippen molar-refractivity contribution in [2.75, 3.05) is 18.4 Å². The number of imidazole rings is 1. The summed E-state index contributed by atoms with van der Waals surface area (Å²) in [7, 11) is -3.47. The lowest BCUT2D eigenvalue weighted by molar-refractivity contribution is 0.102. The van der Waals surface area contributed by atoms with E-state index >= 15 is 0 Å². The van der Waals surface area contributed by atoms with Crippen LogP contribution < -0.4 is 5.32 Å². The molecule has 7 nitrogen and oxygen atoms in total. The maximum atomic E-state index is 12.8. The van der Waals surface area contributed by atoms with E-state index in [1.807, 2.05) is 24.3 Å². The number of rotatable bonds is 6. The number of nitrogens with zero attached hydrogens (tertiary/aromatic N) is 3. The van der Waals surface area contributed by atoms with E-state index in [2.05, 4.69) is 24.1 Å². The zero-order chi connectivity index (χ0) is 22.7. The number of carbonyl (C=O) groups excluding carboxylic acids is 1. The van der Waals surface area contributed by atoms with Crippen LogP contribution in [-0.2, 0) is 10.0 Å². The minimum Gasteiger partial charge on any atom is -0.321 e. The molecule has 1 aliphatic rings. The monoisotopic (exact) mass is 452 g/mol. The third kappa shape index (κ3) is 4.76. The van der Waals surface area contributed by atoms with Crippen LogP contribution >= 0.6 is 0 Å². The Bertz CT molecular complexity index is 1180. The smallest absolute Gasteiger partial charge is 0.275 e. The maximum absolute atomic E-state index is 12.8. The second kappa shape index (κ2) is 9.26. The van der Waals surface area contributed by atoms with Crippen molar-refractivity contribution in [3.63, 3.8) is 0 Å². The number of anilines is 1. The molecule has 8 heteroatoms. The van der Waals surface area contributed by atoms with Gasteiger partial charge in [0.1, 0.15) is 12.0 Å². The Labute approximate surface area is 189 Å². The van der Waals surface area contributed by atoms with Gasteiger partial charge in [-0.1, -0.05) is 32.4 Å². The lowest BCUT2D eigenvalue weighted by atomic mass is 10.0. The zero-order valence-corrected chi connectivity index (χ0v) is 19.2. The highest BCUT2D eigenvalue weighted by Gasteiger charge is 2.25. The Morgan fingerprint density at radius 1 is 0.969 bits per heavy atom. The summed E-state index contributed by atoms with van der Waals surface area (Å²) in [5, 5.41) is 2.85. The van der Waals surface area contributed by atoms with Gasteiger partial charge in [-0.2, -0.15) is 4.31 Å². The van der Waals surface area contributed by atoms with Crippen molar-refractivity contribution in [2.24, 2.45) is 0 Å². The van der Waals surface area contributed by atoms with Crippen LogP contribution in [0.4, 0.5) is 5.69 Å². The largest absolute Gasteiger partial charge is 0.321 e. The molecule has 4 rings (SSSR count). The Morgan fingerprint density at radius 3 is 2.25 bits per heavy atom. The van der Waals surface area contributed by atoms with Crippen molar-refractivity contribution >= 4 is 21.6 Å². The standard InChI is InChI=1S/C24H28N4O3S/c1-18(2)19-6-8-20(9-7-19)26-24(29)23-16-27(17-25-23)21-10-12-22(13-11-21)32(30,31)28-14-4-3-5-15-28/h6-13,16-18H,3-5,14-15H2,1-2H3,(H,26,29). The molecule has 1 aromatic heterocycles. The highest BCUT2D eigenvalue weighted by atomic mass is 32.2. The number of hydrogen-bond acceptors (Lipinski definition) is 4. The molecule has 0 spiro atoms. The first-order valence-corrected chi connectivity index (χ1v) is 12.3. The Balaban J connectivity index is 1.45. The molecule has 2 aromatic carbocycles. The van der Waals surface area contributed by atoms with Crippen molar-refractivity contribution < 1.29 is 13.2 Å². The third-order valence-corrected chi connectivity index (χ3v) is 7.65. The minimum atomic E-state index is -3.47. The molecular formula is C24H28N4O3S. The molecular weight excluding hydrogens is 424 g/mol. The Kier molecular flexibility index (Phi) is 6.43. The van der Waals surface area contributed by atoms with E-state index in [0.29, 0.717) is 24.7 Å². The first kappa shape index (κ1) is 22.2. The van der Waals surface area contributed by atoms with Crippen molar-refractivity contribution in [2.45, 2.75) is 43.9 Å². The van der Waals surface area contributed by atoms with Crippen LogP contribution in [0.5, 0.6) is 0 Å². The molecule has 0 aliphatic carbocycles. The van der Waals surface area contributed by atoms with Crippen LogP contribution in [0.25, 0.3) is 5.69 Å². The van der Waals surface area contributed by atoms with Crippen LogP contribution in [0.1, 0.15) is 55.1 Å². The molecule has 1 amide bonds. The lowest BCUT2D eigenvalue weighted by Crippen LogP contribution is -2.35. The van der Waals surface area contributed by atoms with Crippen molar-refractivity contribution in [3.8, 4) is 5.69 Å². The van der Waals surface area contributed by atoms with Gasteiger partial charge in [0.2, 0.25) is 10.0 Å². The van der Waals surface area contributed by atoms with Gasteiger partial charge in [-0.3, -0.25) is 4.79 Å². The molecule has 0 unspecified atom stereocenters. The Hall–Kier alpha value is -2.97. The number of aromatic nitrogens is 2. The number of nitrogens with one attached hydrogen (secondary N) is 1. The van der Waals surface area contributed by atoms with E-state index in [0.717, 1.165) is 24.9 Å². The van der Waals surface area contributed by atoms with Gasteiger partial charge in [-0.15, -0.1) is 0 Å². The van der Waals surface area contributed by atoms with Gasteiger partial charge >= 0.3 is 0 Å². The summed E-state index contributed by atoms with van der Waals surface area (Å²) in [6.45, 7) is 5.39. The van der Waals surface area contributed by atoms with Gasteiger partial charge in [-0.05, 0) is 60.7 Å². The predicted octanol–water partition coefficient (Wildman–Crippen LogP) is 4.42. The number of sulfonamides is 1. The van der Waals surface area contributed by atoms with E-state index in [9.17, 15) is 13.2 Å². The SMILES string of the molecule is CC(C)c1ccc(NC(=O)c2cn(-c3ccc(S(=O)(=O)N4CCCCC4)cc3)cn2)cc1. The maximum Gasteiger partial charge on any atom is 0.275 e. The minimum absolute atomic E-state index is 0.281. The van der Waals surface area contributed by atoms with E-state index < -0.39 is 10.0 Å². The van der Waals surface area contributed by atoms with Gasteiger partial charge in [0.25, 0.3) is 5.91 Å². The highest BCUT2D eigenvalue weighted by molar-refractivity contribution is 7.89. The fourth-order valence-corrected chi connectivity index (χ4v) is 5.29. The molecule has 32 heavy (non-hydrogen) atoms. The molecule has 0 saturated carbocycles. The van der Waals surface area contributed by atoms with Crippen molar-refractivity contribution in [1.29, 1.82) is 0 Å². The van der Waals surface area contributed by atoms with Crippen LogP contribution in [0, 0.1) is 0 Å². The molecule has 3 aromatic rings. The van der Waals surface area contributed by atoms with Crippen LogP contribution in [-0.4, -0.2) is 41.3 Å². The van der Waals surface area contributed by atoms with E-state index in [1.54, 1.807) is 45.7 Å². The van der Waals surface area contributed by atoms with Crippen LogP contribution in [0.3, 0.4) is 0 Å². The average Bonchev–Trinajstić information content (AvgIpc) is 3.31. The number of carbonyl (C=O) groups is 1. The summed E-state index contributed by atoms with van der Waals surface area (Å²) >= 11 is 0. The van der Waals surface area contributed by atoms with Crippen molar-refractivity contribution in [1.82, 2.24) is 13.9 Å². The Morgan fingerprint density at radius 2 is 1.62 bits per heavy atom. The third-order valence-electron chi connectivity index (χ3n) is 5.74. The fraction of sp³-hybridized carbons (Fsp3) is 0.333. The normalized spacial score (nSPS) is 15.1. The van der Waals surface area contributed by atoms with Gasteiger partial charge < -0.3 is 9.88 Å². The van der Waals surface area contributed by atoms with Crippen LogP contribution in [0.15, 0.2) is 66.0 Å². The summed E-state index contributed by atoms with van der Waals surface area (Å²) in [5.41, 5.74) is 2.93. The number of benzene rings is 2. The first-order valence-electron chi connectivity index (χ1n) is 10.9. The van der Waals surface area contributed by atoms with Gasteiger partial charge in [-0.25, -0.2) is 13.4 Å². The second-order valence-corrected chi connectivity index (χ2v) is 10.3. The van der Waals surface area contributed by atoms with E-state index in [-0.39, 0.29) is 16.5 Å². The number of hydrogen-bond donors (Lipinski definition) is 1. The second-order valence-electron chi connectivity index (χ2n) is 8.36. The van der Waals surface area contributed by atoms with Gasteiger partial charge in [0, 0.05) is 30.7 Å². The molecule has 0 atom stereocenters. The summed E-state index contributed by atoms with van der Waals surface area (Å²) in [6, 6.07) is 14.4. The molecule has 168 valence electrons. The molecule has 1 fully saturated rings. The fourth-order valence-electron chi connectivity index (χ4n) is 3.77. The van der Waals surface area contributed by atoms with E-state index in [4.69, 9.17) is 0 Å². The molecule has 1 saturated heterocycles. The lowest BCUT2D eigenvalue weighted by Gasteiger charge is -2.25. The van der Waals surface area contributed by atoms with Crippen LogP contribution in [0.2, 0.25) is 0 Å². The summed E-state index contributed by atoms with van der Waals surface area (Å²) in [4.78, 5) is 17.1. The molecule has 2 heterocycles. The molecule has 1 aliphatic heterocycles. The summed E-state index contributed by atoms with van der Waals surface area (Å²) < 4.78 is 28.9. The first-order chi connectivity index (χ1) is 15.3. The van der Waals surface area contributed by atoms with Gasteiger partial charge in [0.05, 0.1) is 4.90 Å². The topological polar surface area (TPSA) is 84.3 Å². The molecule has 0 bridgehead atoms. The van der Waals surface area contributed by atoms with Gasteiger partial charge in [0.15, 0.2) is 0 Å². The van der Waals surface area contributed by atoms with Crippen molar-refractivity contribution in [3.05, 3.63) is 72.3 Å². The molecule has 0 radical (unpaired) electrons. The average molecular weight is 453 g/mol.